The van der Waals surface area contributed by atoms with Crippen molar-refractivity contribution in [1.29, 1.82) is 0 Å². The number of aromatic amines is 1. The SMILES string of the molecule is CCCCCC(CC)CN(CC(CC)CCCC)C(=O)c1c(C)c(Cl)n2c(=O)[nH]c(SCCC(C)C)nc12. The lowest BCUT2D eigenvalue weighted by Gasteiger charge is -2.31. The van der Waals surface area contributed by atoms with Crippen LogP contribution >= 0.6 is 23.4 Å². The van der Waals surface area contributed by atoms with Crippen LogP contribution in [-0.2, 0) is 0 Å². The molecule has 216 valence electrons. The minimum absolute atomic E-state index is 0.0491. The lowest BCUT2D eigenvalue weighted by atomic mass is 9.95. The molecule has 2 rings (SSSR count). The number of hydrogen-bond donors (Lipinski definition) is 1. The van der Waals surface area contributed by atoms with E-state index in [0.29, 0.717) is 39.7 Å². The molecule has 2 atom stereocenters. The quantitative estimate of drug-likeness (QED) is 0.145. The van der Waals surface area contributed by atoms with Crippen molar-refractivity contribution >= 4 is 34.9 Å². The summed E-state index contributed by atoms with van der Waals surface area (Å²) < 4.78 is 1.36. The number of halogens is 1. The zero-order valence-electron chi connectivity index (χ0n) is 24.9. The Labute approximate surface area is 239 Å². The molecule has 1 N–H and O–H groups in total. The highest BCUT2D eigenvalue weighted by atomic mass is 35.5. The first kappa shape index (κ1) is 32.7. The van der Waals surface area contributed by atoms with Crippen LogP contribution in [0.2, 0.25) is 5.15 Å². The average molecular weight is 567 g/mol. The molecule has 2 heterocycles. The Morgan fingerprint density at radius 1 is 1.00 bits per heavy atom. The first-order valence-corrected chi connectivity index (χ1v) is 16.3. The maximum atomic E-state index is 14.3. The van der Waals surface area contributed by atoms with Crippen molar-refractivity contribution in [2.24, 2.45) is 17.8 Å². The number of nitrogens with one attached hydrogen (secondary N) is 1. The van der Waals surface area contributed by atoms with E-state index in [1.54, 1.807) is 0 Å². The monoisotopic (exact) mass is 566 g/mol. The summed E-state index contributed by atoms with van der Waals surface area (Å²) in [5.41, 5.74) is 1.13. The molecule has 2 aromatic heterocycles. The van der Waals surface area contributed by atoms with E-state index in [2.05, 4.69) is 51.4 Å². The Morgan fingerprint density at radius 2 is 1.61 bits per heavy atom. The number of fused-ring (bicyclic) bond motifs is 1. The van der Waals surface area contributed by atoms with Gasteiger partial charge in [-0.05, 0) is 43.9 Å². The molecule has 6 nitrogen and oxygen atoms in total. The van der Waals surface area contributed by atoms with Crippen LogP contribution in [0.15, 0.2) is 9.95 Å². The van der Waals surface area contributed by atoms with E-state index in [-0.39, 0.29) is 16.8 Å². The van der Waals surface area contributed by atoms with Gasteiger partial charge in [-0.25, -0.2) is 14.2 Å². The van der Waals surface area contributed by atoms with Crippen molar-refractivity contribution < 1.29 is 4.79 Å². The molecule has 0 bridgehead atoms. The Morgan fingerprint density at radius 3 is 2.16 bits per heavy atom. The second kappa shape index (κ2) is 16.6. The van der Waals surface area contributed by atoms with Crippen molar-refractivity contribution in [2.75, 3.05) is 18.8 Å². The number of nitrogens with zero attached hydrogens (tertiary/aromatic N) is 3. The minimum Gasteiger partial charge on any atom is -0.338 e. The van der Waals surface area contributed by atoms with Gasteiger partial charge in [0.25, 0.3) is 5.91 Å². The van der Waals surface area contributed by atoms with Crippen LogP contribution in [0.5, 0.6) is 0 Å². The average Bonchev–Trinajstić information content (AvgIpc) is 3.14. The van der Waals surface area contributed by atoms with Crippen molar-refractivity contribution in [1.82, 2.24) is 19.3 Å². The predicted octanol–water partition coefficient (Wildman–Crippen LogP) is 8.39. The number of unbranched alkanes of at least 4 members (excludes halogenated alkanes) is 3. The Bertz CT molecular complexity index is 1060. The van der Waals surface area contributed by atoms with Crippen LogP contribution < -0.4 is 5.69 Å². The molecule has 0 spiro atoms. The zero-order valence-corrected chi connectivity index (χ0v) is 26.4. The first-order valence-electron chi connectivity index (χ1n) is 14.9. The van der Waals surface area contributed by atoms with Gasteiger partial charge in [0.1, 0.15) is 5.15 Å². The van der Waals surface area contributed by atoms with E-state index < -0.39 is 0 Å². The summed E-state index contributed by atoms with van der Waals surface area (Å²) in [6, 6.07) is 0. The summed E-state index contributed by atoms with van der Waals surface area (Å²) in [7, 11) is 0. The van der Waals surface area contributed by atoms with Gasteiger partial charge in [0.15, 0.2) is 10.8 Å². The normalized spacial score (nSPS) is 13.4. The number of carbonyl (C=O) groups excluding carboxylic acids is 1. The van der Waals surface area contributed by atoms with Crippen LogP contribution in [0.25, 0.3) is 5.65 Å². The van der Waals surface area contributed by atoms with Gasteiger partial charge < -0.3 is 4.90 Å². The fraction of sp³-hybridized carbons (Fsp3) is 0.767. The lowest BCUT2D eigenvalue weighted by Crippen LogP contribution is -2.39. The topological polar surface area (TPSA) is 70.5 Å². The van der Waals surface area contributed by atoms with E-state index in [0.717, 1.165) is 57.4 Å². The van der Waals surface area contributed by atoms with Crippen molar-refractivity contribution in [3.05, 3.63) is 26.8 Å². The standard InChI is InChI=1S/C30H51ClN4O2S/c1-8-12-14-16-24(11-4)20-34(19-23(10-3)15-13-9-2)28(36)25-22(7)26(31)35-27(25)32-29(33-30(35)37)38-18-17-21(5)6/h21,23-24H,8-20H2,1-7H3,(H,32,33,37). The highest BCUT2D eigenvalue weighted by Crippen LogP contribution is 2.29. The molecular formula is C30H51ClN4O2S. The highest BCUT2D eigenvalue weighted by Gasteiger charge is 2.29. The summed E-state index contributed by atoms with van der Waals surface area (Å²) in [6.07, 6.45) is 11.3. The molecule has 0 aliphatic heterocycles. The van der Waals surface area contributed by atoms with Crippen LogP contribution in [-0.4, -0.2) is 44.0 Å². The summed E-state index contributed by atoms with van der Waals surface area (Å²) in [5, 5.41) is 0.807. The molecule has 0 saturated heterocycles. The zero-order chi connectivity index (χ0) is 28.2. The highest BCUT2D eigenvalue weighted by molar-refractivity contribution is 7.99. The molecule has 0 radical (unpaired) electrons. The minimum atomic E-state index is -0.346. The van der Waals surface area contributed by atoms with E-state index in [1.165, 1.54) is 41.8 Å². The number of amides is 1. The van der Waals surface area contributed by atoms with Crippen molar-refractivity contribution in [3.63, 3.8) is 0 Å². The van der Waals surface area contributed by atoms with E-state index in [1.807, 2.05) is 6.92 Å². The van der Waals surface area contributed by atoms with Crippen molar-refractivity contribution in [3.8, 4) is 0 Å². The lowest BCUT2D eigenvalue weighted by molar-refractivity contribution is 0.0686. The van der Waals surface area contributed by atoms with Gasteiger partial charge in [0.2, 0.25) is 0 Å². The van der Waals surface area contributed by atoms with Crippen LogP contribution in [0.1, 0.15) is 122 Å². The predicted molar refractivity (Wildman–Crippen MR) is 163 cm³/mol. The number of aromatic nitrogens is 3. The van der Waals surface area contributed by atoms with Gasteiger partial charge in [-0.15, -0.1) is 0 Å². The molecule has 0 aromatic carbocycles. The van der Waals surface area contributed by atoms with Gasteiger partial charge in [-0.3, -0.25) is 9.78 Å². The molecular weight excluding hydrogens is 516 g/mol. The third-order valence-corrected chi connectivity index (χ3v) is 9.03. The molecule has 8 heteroatoms. The Balaban J connectivity index is 2.49. The van der Waals surface area contributed by atoms with Crippen molar-refractivity contribution in [2.45, 2.75) is 118 Å². The number of thioether (sulfide) groups is 1. The van der Waals surface area contributed by atoms with E-state index in [4.69, 9.17) is 16.6 Å². The Kier molecular flexibility index (Phi) is 14.3. The summed E-state index contributed by atoms with van der Waals surface area (Å²) in [5.74, 6) is 2.28. The number of carbonyl (C=O) groups is 1. The van der Waals surface area contributed by atoms with Crippen LogP contribution in [0, 0.1) is 24.7 Å². The summed E-state index contributed by atoms with van der Waals surface area (Å²) >= 11 is 8.17. The molecule has 0 aliphatic rings. The second-order valence-electron chi connectivity index (χ2n) is 11.2. The largest absolute Gasteiger partial charge is 0.338 e. The molecule has 1 amide bonds. The first-order chi connectivity index (χ1) is 18.2. The Hall–Kier alpha value is -1.47. The van der Waals surface area contributed by atoms with Gasteiger partial charge in [0, 0.05) is 24.4 Å². The molecule has 38 heavy (non-hydrogen) atoms. The third-order valence-electron chi connectivity index (χ3n) is 7.67. The third kappa shape index (κ3) is 9.04. The smallest absolute Gasteiger partial charge is 0.334 e. The molecule has 0 saturated carbocycles. The van der Waals surface area contributed by atoms with Gasteiger partial charge in [0.05, 0.1) is 5.56 Å². The number of hydrogen-bond acceptors (Lipinski definition) is 4. The molecule has 2 unspecified atom stereocenters. The summed E-state index contributed by atoms with van der Waals surface area (Å²) in [4.78, 5) is 37.0. The summed E-state index contributed by atoms with van der Waals surface area (Å²) in [6.45, 7) is 16.5. The fourth-order valence-electron chi connectivity index (χ4n) is 4.97. The van der Waals surface area contributed by atoms with Gasteiger partial charge >= 0.3 is 5.69 Å². The van der Waals surface area contributed by atoms with Crippen LogP contribution in [0.3, 0.4) is 0 Å². The fourth-order valence-corrected chi connectivity index (χ4v) is 6.31. The maximum absolute atomic E-state index is 14.3. The number of rotatable bonds is 18. The molecule has 2 aromatic rings. The second-order valence-corrected chi connectivity index (χ2v) is 12.7. The van der Waals surface area contributed by atoms with Gasteiger partial charge in [-0.1, -0.05) is 110 Å². The van der Waals surface area contributed by atoms with Crippen LogP contribution in [0.4, 0.5) is 0 Å². The molecule has 0 aliphatic carbocycles. The van der Waals surface area contributed by atoms with Gasteiger partial charge in [-0.2, -0.15) is 0 Å². The molecule has 0 fully saturated rings. The van der Waals surface area contributed by atoms with E-state index >= 15 is 0 Å². The number of H-pyrrole nitrogens is 1. The maximum Gasteiger partial charge on any atom is 0.334 e. The van der Waals surface area contributed by atoms with E-state index in [9.17, 15) is 9.59 Å².